The molecule has 4 nitrogen and oxygen atoms in total. The van der Waals surface area contributed by atoms with Gasteiger partial charge in [0.15, 0.2) is 0 Å². The highest BCUT2D eigenvalue weighted by Gasteiger charge is 2.14. The Bertz CT molecular complexity index is 513. The Morgan fingerprint density at radius 2 is 2.27 bits per heavy atom. The molecular formula is C10H10N2O2S. The minimum Gasteiger partial charge on any atom is -0.477 e. The van der Waals surface area contributed by atoms with Gasteiger partial charge in [0.25, 0.3) is 0 Å². The van der Waals surface area contributed by atoms with Crippen LogP contribution in [0.5, 0.6) is 0 Å². The van der Waals surface area contributed by atoms with Crippen LogP contribution >= 0.6 is 11.3 Å². The maximum atomic E-state index is 10.8. The molecule has 5 heteroatoms. The molecule has 0 radical (unpaired) electrons. The van der Waals surface area contributed by atoms with Gasteiger partial charge in [0.1, 0.15) is 5.69 Å². The smallest absolute Gasteiger partial charge is 0.354 e. The number of carboxylic acids is 1. The minimum atomic E-state index is -0.955. The van der Waals surface area contributed by atoms with Crippen molar-refractivity contribution in [3.8, 4) is 11.3 Å². The standard InChI is InChI=1S/C10H10N2O2S/c1-6-4-15-5-7(6)8-3-9(10(13)14)12(2)11-8/h3-5H,1-2H3,(H,13,14). The third kappa shape index (κ3) is 1.66. The number of aromatic carboxylic acids is 1. The van der Waals surface area contributed by atoms with E-state index in [1.807, 2.05) is 17.7 Å². The molecule has 15 heavy (non-hydrogen) atoms. The molecule has 0 bridgehead atoms. The van der Waals surface area contributed by atoms with E-state index in [2.05, 4.69) is 5.10 Å². The van der Waals surface area contributed by atoms with E-state index >= 15 is 0 Å². The van der Waals surface area contributed by atoms with Crippen LogP contribution in [0.2, 0.25) is 0 Å². The van der Waals surface area contributed by atoms with Gasteiger partial charge in [0, 0.05) is 18.0 Å². The summed E-state index contributed by atoms with van der Waals surface area (Å²) < 4.78 is 1.38. The molecule has 0 saturated heterocycles. The van der Waals surface area contributed by atoms with Crippen molar-refractivity contribution in [1.29, 1.82) is 0 Å². The highest BCUT2D eigenvalue weighted by molar-refractivity contribution is 7.08. The lowest BCUT2D eigenvalue weighted by Gasteiger charge is -1.92. The highest BCUT2D eigenvalue weighted by Crippen LogP contribution is 2.25. The zero-order chi connectivity index (χ0) is 11.0. The molecule has 0 aromatic carbocycles. The molecule has 0 spiro atoms. The Morgan fingerprint density at radius 3 is 2.73 bits per heavy atom. The summed E-state index contributed by atoms with van der Waals surface area (Å²) in [5.74, 6) is -0.955. The van der Waals surface area contributed by atoms with E-state index in [4.69, 9.17) is 5.11 Å². The van der Waals surface area contributed by atoms with Crippen LogP contribution in [0.1, 0.15) is 16.1 Å². The van der Waals surface area contributed by atoms with Crippen LogP contribution in [0.4, 0.5) is 0 Å². The lowest BCUT2D eigenvalue weighted by molar-refractivity contribution is 0.0685. The number of hydrogen-bond acceptors (Lipinski definition) is 3. The van der Waals surface area contributed by atoms with Gasteiger partial charge >= 0.3 is 5.97 Å². The SMILES string of the molecule is Cc1cscc1-c1cc(C(=O)O)n(C)n1. The second-order valence-corrected chi connectivity index (χ2v) is 4.06. The second kappa shape index (κ2) is 3.51. The van der Waals surface area contributed by atoms with E-state index in [1.165, 1.54) is 4.68 Å². The van der Waals surface area contributed by atoms with Crippen molar-refractivity contribution in [2.75, 3.05) is 0 Å². The molecule has 0 aliphatic carbocycles. The molecule has 0 atom stereocenters. The molecule has 78 valence electrons. The summed E-state index contributed by atoms with van der Waals surface area (Å²) in [6, 6.07) is 1.59. The molecule has 0 aliphatic heterocycles. The van der Waals surface area contributed by atoms with E-state index < -0.39 is 5.97 Å². The van der Waals surface area contributed by atoms with E-state index in [-0.39, 0.29) is 5.69 Å². The summed E-state index contributed by atoms with van der Waals surface area (Å²) in [6.07, 6.45) is 0. The van der Waals surface area contributed by atoms with E-state index in [9.17, 15) is 4.79 Å². The first-order valence-electron chi connectivity index (χ1n) is 4.40. The number of rotatable bonds is 2. The quantitative estimate of drug-likeness (QED) is 0.847. The first-order chi connectivity index (χ1) is 7.09. The summed E-state index contributed by atoms with van der Waals surface area (Å²) in [7, 11) is 1.63. The Labute approximate surface area is 90.8 Å². The average Bonchev–Trinajstić information content (AvgIpc) is 2.71. The molecule has 2 rings (SSSR count). The largest absolute Gasteiger partial charge is 0.477 e. The molecule has 0 unspecified atom stereocenters. The molecule has 2 heterocycles. The second-order valence-electron chi connectivity index (χ2n) is 3.31. The van der Waals surface area contributed by atoms with E-state index in [1.54, 1.807) is 24.5 Å². The van der Waals surface area contributed by atoms with Crippen LogP contribution in [0.15, 0.2) is 16.8 Å². The van der Waals surface area contributed by atoms with Crippen LogP contribution in [0.3, 0.4) is 0 Å². The van der Waals surface area contributed by atoms with Crippen LogP contribution in [0, 0.1) is 6.92 Å². The van der Waals surface area contributed by atoms with Crippen molar-refractivity contribution in [3.63, 3.8) is 0 Å². The van der Waals surface area contributed by atoms with Gasteiger partial charge in [-0.25, -0.2) is 4.79 Å². The van der Waals surface area contributed by atoms with Crippen LogP contribution in [-0.4, -0.2) is 20.9 Å². The van der Waals surface area contributed by atoms with Gasteiger partial charge in [-0.05, 0) is 23.9 Å². The van der Waals surface area contributed by atoms with Crippen molar-refractivity contribution in [2.24, 2.45) is 7.05 Å². The van der Waals surface area contributed by atoms with Crippen molar-refractivity contribution < 1.29 is 9.90 Å². The highest BCUT2D eigenvalue weighted by atomic mass is 32.1. The van der Waals surface area contributed by atoms with Gasteiger partial charge in [-0.2, -0.15) is 16.4 Å². The van der Waals surface area contributed by atoms with Crippen LogP contribution in [-0.2, 0) is 7.05 Å². The molecule has 0 fully saturated rings. The lowest BCUT2D eigenvalue weighted by Crippen LogP contribution is -2.04. The number of aryl methyl sites for hydroxylation is 2. The van der Waals surface area contributed by atoms with E-state index in [0.29, 0.717) is 5.69 Å². The predicted molar refractivity (Wildman–Crippen MR) is 58.2 cm³/mol. The maximum Gasteiger partial charge on any atom is 0.354 e. The summed E-state index contributed by atoms with van der Waals surface area (Å²) >= 11 is 1.59. The average molecular weight is 222 g/mol. The monoisotopic (exact) mass is 222 g/mol. The van der Waals surface area contributed by atoms with Gasteiger partial charge in [-0.1, -0.05) is 0 Å². The fraction of sp³-hybridized carbons (Fsp3) is 0.200. The number of aromatic nitrogens is 2. The summed E-state index contributed by atoms with van der Waals surface area (Å²) in [5, 5.41) is 17.1. The van der Waals surface area contributed by atoms with Gasteiger partial charge in [-0.15, -0.1) is 0 Å². The van der Waals surface area contributed by atoms with Crippen molar-refractivity contribution in [1.82, 2.24) is 9.78 Å². The molecule has 1 N–H and O–H groups in total. The molecule has 2 aromatic heterocycles. The van der Waals surface area contributed by atoms with Crippen LogP contribution in [0.25, 0.3) is 11.3 Å². The fourth-order valence-corrected chi connectivity index (χ4v) is 2.26. The Kier molecular flexibility index (Phi) is 2.32. The summed E-state index contributed by atoms with van der Waals surface area (Å²) in [6.45, 7) is 1.99. The third-order valence-corrected chi connectivity index (χ3v) is 3.09. The molecular weight excluding hydrogens is 212 g/mol. The predicted octanol–water partition coefficient (Wildman–Crippen LogP) is 2.16. The first-order valence-corrected chi connectivity index (χ1v) is 5.34. The molecule has 0 saturated carbocycles. The number of nitrogens with zero attached hydrogens (tertiary/aromatic N) is 2. The zero-order valence-corrected chi connectivity index (χ0v) is 9.21. The van der Waals surface area contributed by atoms with Gasteiger partial charge in [0.2, 0.25) is 0 Å². The van der Waals surface area contributed by atoms with Crippen molar-refractivity contribution >= 4 is 17.3 Å². The first kappa shape index (κ1) is 9.92. The summed E-state index contributed by atoms with van der Waals surface area (Å²) in [5.41, 5.74) is 3.04. The van der Waals surface area contributed by atoms with Crippen LogP contribution < -0.4 is 0 Å². The number of carboxylic acid groups (broad SMARTS) is 1. The fourth-order valence-electron chi connectivity index (χ4n) is 1.42. The number of thiophene rings is 1. The Hall–Kier alpha value is -1.62. The van der Waals surface area contributed by atoms with Gasteiger partial charge in [0.05, 0.1) is 5.69 Å². The van der Waals surface area contributed by atoms with E-state index in [0.717, 1.165) is 11.1 Å². The normalized spacial score (nSPS) is 10.5. The van der Waals surface area contributed by atoms with Crippen molar-refractivity contribution in [3.05, 3.63) is 28.1 Å². The molecule has 0 aliphatic rings. The maximum absolute atomic E-state index is 10.8. The number of carbonyl (C=O) groups is 1. The summed E-state index contributed by atoms with van der Waals surface area (Å²) in [4.78, 5) is 10.8. The molecule has 0 amide bonds. The zero-order valence-electron chi connectivity index (χ0n) is 8.39. The van der Waals surface area contributed by atoms with Crippen molar-refractivity contribution in [2.45, 2.75) is 6.92 Å². The Morgan fingerprint density at radius 1 is 1.53 bits per heavy atom. The van der Waals surface area contributed by atoms with Gasteiger partial charge < -0.3 is 5.11 Å². The molecule has 2 aromatic rings. The van der Waals surface area contributed by atoms with Gasteiger partial charge in [-0.3, -0.25) is 4.68 Å². The topological polar surface area (TPSA) is 55.1 Å². The Balaban J connectivity index is 2.52. The minimum absolute atomic E-state index is 0.204. The third-order valence-electron chi connectivity index (χ3n) is 2.23. The number of hydrogen-bond donors (Lipinski definition) is 1. The lowest BCUT2D eigenvalue weighted by atomic mass is 10.1.